The Morgan fingerprint density at radius 3 is 2.17 bits per heavy atom. The Bertz CT molecular complexity index is 841. The highest BCUT2D eigenvalue weighted by molar-refractivity contribution is 5.94. The Morgan fingerprint density at radius 2 is 1.67 bits per heavy atom. The van der Waals surface area contributed by atoms with Crippen molar-refractivity contribution in [3.63, 3.8) is 0 Å². The number of nitro groups is 2. The molecular formula is C15H12N2O7. The van der Waals surface area contributed by atoms with Crippen LogP contribution in [0.5, 0.6) is 11.5 Å². The van der Waals surface area contributed by atoms with Gasteiger partial charge in [-0.25, -0.2) is 4.79 Å². The van der Waals surface area contributed by atoms with Crippen LogP contribution in [0.4, 0.5) is 11.4 Å². The average Bonchev–Trinajstić information content (AvgIpc) is 2.48. The highest BCUT2D eigenvalue weighted by Crippen LogP contribution is 2.40. The van der Waals surface area contributed by atoms with Crippen LogP contribution in [0.25, 0.3) is 0 Å². The number of phenolic OH excluding ortho intramolecular Hbond substituents is 1. The molecule has 2 aromatic carbocycles. The van der Waals surface area contributed by atoms with E-state index in [2.05, 4.69) is 0 Å². The van der Waals surface area contributed by atoms with E-state index in [9.17, 15) is 30.1 Å². The van der Waals surface area contributed by atoms with Gasteiger partial charge in [0, 0.05) is 0 Å². The number of nitrogens with zero attached hydrogens (tertiary/aromatic N) is 2. The van der Waals surface area contributed by atoms with E-state index in [1.54, 1.807) is 32.0 Å². The van der Waals surface area contributed by atoms with Gasteiger partial charge < -0.3 is 9.84 Å². The first kappa shape index (κ1) is 16.9. The average molecular weight is 332 g/mol. The Balaban J connectivity index is 2.51. The minimum atomic E-state index is -1.00. The predicted octanol–water partition coefficient (Wildman–Crippen LogP) is 3.04. The van der Waals surface area contributed by atoms with Crippen LogP contribution in [0.3, 0.4) is 0 Å². The van der Waals surface area contributed by atoms with Gasteiger partial charge in [-0.15, -0.1) is 0 Å². The molecule has 0 heterocycles. The molecule has 9 heteroatoms. The Hall–Kier alpha value is -3.49. The first-order valence-corrected chi connectivity index (χ1v) is 6.66. The number of hydrogen-bond acceptors (Lipinski definition) is 7. The van der Waals surface area contributed by atoms with E-state index >= 15 is 0 Å². The van der Waals surface area contributed by atoms with E-state index in [1.165, 1.54) is 0 Å². The van der Waals surface area contributed by atoms with Gasteiger partial charge >= 0.3 is 11.7 Å². The first-order valence-electron chi connectivity index (χ1n) is 6.66. The minimum Gasteiger partial charge on any atom is -0.499 e. The van der Waals surface area contributed by atoms with Crippen molar-refractivity contribution < 1.29 is 24.5 Å². The number of aromatic hydroxyl groups is 1. The topological polar surface area (TPSA) is 133 Å². The summed E-state index contributed by atoms with van der Waals surface area (Å²) in [5.41, 5.74) is -0.192. The summed E-state index contributed by atoms with van der Waals surface area (Å²) >= 11 is 0. The van der Waals surface area contributed by atoms with E-state index in [4.69, 9.17) is 4.74 Å². The predicted molar refractivity (Wildman–Crippen MR) is 82.3 cm³/mol. The lowest BCUT2D eigenvalue weighted by atomic mass is 10.0. The van der Waals surface area contributed by atoms with Crippen molar-refractivity contribution in [1.82, 2.24) is 0 Å². The molecule has 0 aliphatic heterocycles. The molecule has 0 aromatic heterocycles. The number of carbonyl (C=O) groups excluding carboxylic acids is 1. The summed E-state index contributed by atoms with van der Waals surface area (Å²) in [6.07, 6.45) is 0. The summed E-state index contributed by atoms with van der Waals surface area (Å²) in [7, 11) is 0. The number of carbonyl (C=O) groups is 1. The van der Waals surface area contributed by atoms with Crippen LogP contribution >= 0.6 is 0 Å². The molecule has 9 nitrogen and oxygen atoms in total. The third kappa shape index (κ3) is 3.14. The Labute approximate surface area is 135 Å². The summed E-state index contributed by atoms with van der Waals surface area (Å²) in [5.74, 6) is -2.48. The van der Waals surface area contributed by atoms with Crippen LogP contribution in [-0.2, 0) is 0 Å². The van der Waals surface area contributed by atoms with E-state index < -0.39 is 38.7 Å². The summed E-state index contributed by atoms with van der Waals surface area (Å²) in [6.45, 7) is 3.33. The smallest absolute Gasteiger partial charge is 0.344 e. The van der Waals surface area contributed by atoms with Gasteiger partial charge in [0.2, 0.25) is 5.75 Å². The highest BCUT2D eigenvalue weighted by Gasteiger charge is 2.27. The number of esters is 1. The van der Waals surface area contributed by atoms with Gasteiger partial charge in [0.15, 0.2) is 5.75 Å². The maximum Gasteiger partial charge on any atom is 0.344 e. The van der Waals surface area contributed by atoms with Gasteiger partial charge in [0.1, 0.15) is 0 Å². The largest absolute Gasteiger partial charge is 0.499 e. The molecule has 0 aliphatic carbocycles. The second-order valence-corrected chi connectivity index (χ2v) is 4.98. The van der Waals surface area contributed by atoms with Crippen molar-refractivity contribution >= 4 is 17.3 Å². The monoisotopic (exact) mass is 332 g/mol. The zero-order valence-electron chi connectivity index (χ0n) is 12.7. The van der Waals surface area contributed by atoms with Crippen LogP contribution in [-0.4, -0.2) is 20.9 Å². The third-order valence-electron chi connectivity index (χ3n) is 3.34. The van der Waals surface area contributed by atoms with Crippen LogP contribution < -0.4 is 4.74 Å². The van der Waals surface area contributed by atoms with Gasteiger partial charge in [0.05, 0.1) is 27.5 Å². The lowest BCUT2D eigenvalue weighted by Crippen LogP contribution is -2.12. The molecule has 1 N–H and O–H groups in total. The molecule has 0 radical (unpaired) electrons. The minimum absolute atomic E-state index is 0.214. The number of rotatable bonds is 4. The summed E-state index contributed by atoms with van der Waals surface area (Å²) in [5, 5.41) is 31.6. The fourth-order valence-corrected chi connectivity index (χ4v) is 2.19. The number of hydrogen-bond donors (Lipinski definition) is 1. The molecule has 0 fully saturated rings. The molecule has 2 rings (SSSR count). The highest BCUT2D eigenvalue weighted by atomic mass is 16.6. The number of nitro benzene ring substituents is 2. The SMILES string of the molecule is Cc1cccc(C)c1C(=O)Oc1cc([N+](=O)[O-])cc([N+](=O)[O-])c1O. The lowest BCUT2D eigenvalue weighted by Gasteiger charge is -2.10. The van der Waals surface area contributed by atoms with Gasteiger partial charge in [-0.3, -0.25) is 20.2 Å². The van der Waals surface area contributed by atoms with E-state index in [1.807, 2.05) is 0 Å². The molecule has 0 unspecified atom stereocenters. The summed E-state index contributed by atoms with van der Waals surface area (Å²) in [6, 6.07) is 6.41. The Morgan fingerprint density at radius 1 is 1.08 bits per heavy atom. The van der Waals surface area contributed by atoms with Gasteiger partial charge in [-0.1, -0.05) is 18.2 Å². The molecule has 2 aromatic rings. The third-order valence-corrected chi connectivity index (χ3v) is 3.34. The number of non-ortho nitro benzene ring substituents is 1. The van der Waals surface area contributed by atoms with Gasteiger partial charge in [-0.2, -0.15) is 0 Å². The van der Waals surface area contributed by atoms with Crippen LogP contribution in [0.15, 0.2) is 30.3 Å². The number of aryl methyl sites for hydroxylation is 2. The number of phenols is 1. The van der Waals surface area contributed by atoms with Crippen molar-refractivity contribution in [3.8, 4) is 11.5 Å². The van der Waals surface area contributed by atoms with Crippen LogP contribution in [0.1, 0.15) is 21.5 Å². The van der Waals surface area contributed by atoms with Crippen molar-refractivity contribution in [3.05, 3.63) is 67.3 Å². The van der Waals surface area contributed by atoms with Crippen molar-refractivity contribution in [2.75, 3.05) is 0 Å². The maximum atomic E-state index is 12.3. The van der Waals surface area contributed by atoms with Gasteiger partial charge in [-0.05, 0) is 25.0 Å². The molecule has 24 heavy (non-hydrogen) atoms. The number of benzene rings is 2. The fraction of sp³-hybridized carbons (Fsp3) is 0.133. The van der Waals surface area contributed by atoms with Gasteiger partial charge in [0.25, 0.3) is 5.69 Å². The van der Waals surface area contributed by atoms with Crippen LogP contribution in [0.2, 0.25) is 0 Å². The molecular weight excluding hydrogens is 320 g/mol. The zero-order chi connectivity index (χ0) is 18.0. The summed E-state index contributed by atoms with van der Waals surface area (Å²) < 4.78 is 4.98. The molecule has 0 bridgehead atoms. The fourth-order valence-electron chi connectivity index (χ4n) is 2.19. The lowest BCUT2D eigenvalue weighted by molar-refractivity contribution is -0.394. The van der Waals surface area contributed by atoms with E-state index in [0.717, 1.165) is 6.07 Å². The molecule has 0 aliphatic rings. The van der Waals surface area contributed by atoms with Crippen LogP contribution in [0, 0.1) is 34.1 Å². The molecule has 0 amide bonds. The molecule has 124 valence electrons. The molecule has 0 saturated carbocycles. The summed E-state index contributed by atoms with van der Waals surface area (Å²) in [4.78, 5) is 32.2. The van der Waals surface area contributed by atoms with E-state index in [-0.39, 0.29) is 5.56 Å². The standard InChI is InChI=1S/C15H12N2O7/c1-8-4-3-5-9(2)13(8)15(19)24-12-7-10(16(20)21)6-11(14(12)18)17(22)23/h3-7,18H,1-2H3. The molecule has 0 atom stereocenters. The molecule has 0 saturated heterocycles. The zero-order valence-corrected chi connectivity index (χ0v) is 12.7. The maximum absolute atomic E-state index is 12.3. The molecule has 0 spiro atoms. The first-order chi connectivity index (χ1) is 11.2. The van der Waals surface area contributed by atoms with Crippen molar-refractivity contribution in [2.24, 2.45) is 0 Å². The quantitative estimate of drug-likeness (QED) is 0.393. The second kappa shape index (κ2) is 6.32. The van der Waals surface area contributed by atoms with E-state index in [0.29, 0.717) is 17.2 Å². The second-order valence-electron chi connectivity index (χ2n) is 4.98. The van der Waals surface area contributed by atoms with Crippen molar-refractivity contribution in [1.29, 1.82) is 0 Å². The van der Waals surface area contributed by atoms with Crippen molar-refractivity contribution in [2.45, 2.75) is 13.8 Å². The Kier molecular flexibility index (Phi) is 4.45. The number of ether oxygens (including phenoxy) is 1. The normalized spacial score (nSPS) is 10.2.